The Morgan fingerprint density at radius 1 is 0.794 bits per heavy atom. The molecule has 3 aromatic carbocycles. The number of carboxylic acids is 1. The monoisotopic (exact) mass is 464 g/mol. The van der Waals surface area contributed by atoms with Gasteiger partial charge in [0.05, 0.1) is 11.6 Å². The van der Waals surface area contributed by atoms with Gasteiger partial charge in [0.15, 0.2) is 5.78 Å². The van der Waals surface area contributed by atoms with Gasteiger partial charge in [-0.3, -0.25) is 9.59 Å². The van der Waals surface area contributed by atoms with Crippen molar-refractivity contribution in [1.82, 2.24) is 0 Å². The largest absolute Gasteiger partial charge is 0.481 e. The molecule has 4 rings (SSSR count). The first-order valence-corrected chi connectivity index (χ1v) is 10.8. The van der Waals surface area contributed by atoms with Crippen molar-refractivity contribution in [3.05, 3.63) is 83.9 Å². The number of carbonyl (C=O) groups excluding carboxylic acids is 2. The van der Waals surface area contributed by atoms with Crippen LogP contribution in [0.1, 0.15) is 29.6 Å². The van der Waals surface area contributed by atoms with Crippen molar-refractivity contribution < 1.29 is 28.3 Å². The average molecular weight is 464 g/mol. The Morgan fingerprint density at radius 3 is 2.03 bits per heavy atom. The topological polar surface area (TPSA) is 95.5 Å². The SMILES string of the molecule is O=C(Nc1ccc(-c2ccc(C(=O)[C@@H]3CCC[C@H]3C(=O)O)cc2)cc1)Nc1ccc(F)cc1F. The standard InChI is InChI=1S/C26H22F2N2O4/c27-18-10-13-23(22(28)14-18)30-26(34)29-19-11-8-16(9-12-19)15-4-6-17(7-5-15)24(31)20-2-1-3-21(20)25(32)33/h4-14,20-21H,1-3H2,(H,32,33)(H2,29,30,34)/t20-,21-/m1/s1. The predicted octanol–water partition coefficient (Wildman–Crippen LogP) is 5.96. The van der Waals surface area contributed by atoms with Gasteiger partial charge in [0.25, 0.3) is 0 Å². The van der Waals surface area contributed by atoms with Gasteiger partial charge in [-0.15, -0.1) is 0 Å². The van der Waals surface area contributed by atoms with Crippen LogP contribution < -0.4 is 10.6 Å². The van der Waals surface area contributed by atoms with Gasteiger partial charge in [-0.25, -0.2) is 13.6 Å². The summed E-state index contributed by atoms with van der Waals surface area (Å²) in [6.07, 6.45) is 1.86. The zero-order valence-electron chi connectivity index (χ0n) is 18.1. The maximum Gasteiger partial charge on any atom is 0.323 e. The number of rotatable bonds is 6. The van der Waals surface area contributed by atoms with E-state index in [2.05, 4.69) is 10.6 Å². The minimum Gasteiger partial charge on any atom is -0.481 e. The number of carbonyl (C=O) groups is 3. The minimum atomic E-state index is -0.919. The number of Topliss-reactive ketones (excluding diaryl/α,β-unsaturated/α-hetero) is 1. The van der Waals surface area contributed by atoms with Crippen LogP contribution in [0, 0.1) is 23.5 Å². The Bertz CT molecular complexity index is 1230. The molecule has 34 heavy (non-hydrogen) atoms. The lowest BCUT2D eigenvalue weighted by Gasteiger charge is -2.14. The second kappa shape index (κ2) is 9.82. The lowest BCUT2D eigenvalue weighted by atomic mass is 9.88. The fraction of sp³-hybridized carbons (Fsp3) is 0.192. The van der Waals surface area contributed by atoms with Crippen LogP contribution in [0.15, 0.2) is 66.7 Å². The van der Waals surface area contributed by atoms with Gasteiger partial charge in [0.2, 0.25) is 0 Å². The fourth-order valence-electron chi connectivity index (χ4n) is 4.23. The highest BCUT2D eigenvalue weighted by Gasteiger charge is 2.37. The molecular weight excluding hydrogens is 442 g/mol. The normalized spacial score (nSPS) is 17.2. The van der Waals surface area contributed by atoms with E-state index in [9.17, 15) is 28.3 Å². The summed E-state index contributed by atoms with van der Waals surface area (Å²) in [5.41, 5.74) is 2.51. The third-order valence-corrected chi connectivity index (χ3v) is 5.99. The van der Waals surface area contributed by atoms with E-state index in [-0.39, 0.29) is 11.5 Å². The summed E-state index contributed by atoms with van der Waals surface area (Å²) < 4.78 is 26.7. The van der Waals surface area contributed by atoms with Gasteiger partial charge in [-0.05, 0) is 48.2 Å². The van der Waals surface area contributed by atoms with Crippen molar-refractivity contribution in [2.75, 3.05) is 10.6 Å². The molecule has 8 heteroatoms. The van der Waals surface area contributed by atoms with E-state index in [1.54, 1.807) is 48.5 Å². The highest BCUT2D eigenvalue weighted by atomic mass is 19.1. The van der Waals surface area contributed by atoms with Crippen molar-refractivity contribution in [2.45, 2.75) is 19.3 Å². The van der Waals surface area contributed by atoms with Gasteiger partial charge in [-0.2, -0.15) is 0 Å². The van der Waals surface area contributed by atoms with E-state index in [0.29, 0.717) is 30.2 Å². The number of ketones is 1. The molecule has 2 amide bonds. The van der Waals surface area contributed by atoms with Crippen LogP contribution in [-0.2, 0) is 4.79 Å². The molecule has 0 aromatic heterocycles. The summed E-state index contributed by atoms with van der Waals surface area (Å²) in [7, 11) is 0. The zero-order valence-corrected chi connectivity index (χ0v) is 18.1. The number of nitrogens with one attached hydrogen (secondary N) is 2. The summed E-state index contributed by atoms with van der Waals surface area (Å²) in [6, 6.07) is 16.1. The molecule has 1 aliphatic rings. The number of urea groups is 1. The van der Waals surface area contributed by atoms with Gasteiger partial charge in [-0.1, -0.05) is 42.8 Å². The Labute approximate surface area is 194 Å². The highest BCUT2D eigenvalue weighted by molar-refractivity contribution is 6.01. The Kier molecular flexibility index (Phi) is 6.67. The van der Waals surface area contributed by atoms with Crippen molar-refractivity contribution in [3.63, 3.8) is 0 Å². The Morgan fingerprint density at radius 2 is 1.41 bits per heavy atom. The number of hydrogen-bond donors (Lipinski definition) is 3. The molecule has 0 saturated heterocycles. The molecule has 174 valence electrons. The second-order valence-electron chi connectivity index (χ2n) is 8.20. The van der Waals surface area contributed by atoms with Gasteiger partial charge >= 0.3 is 12.0 Å². The summed E-state index contributed by atoms with van der Waals surface area (Å²) in [6.45, 7) is 0. The first-order valence-electron chi connectivity index (χ1n) is 10.8. The smallest absolute Gasteiger partial charge is 0.323 e. The molecule has 3 aromatic rings. The van der Waals surface area contributed by atoms with E-state index in [4.69, 9.17) is 0 Å². The van der Waals surface area contributed by atoms with Crippen molar-refractivity contribution in [2.24, 2.45) is 11.8 Å². The van der Waals surface area contributed by atoms with E-state index in [0.717, 1.165) is 29.7 Å². The predicted molar refractivity (Wildman–Crippen MR) is 124 cm³/mol. The van der Waals surface area contributed by atoms with Gasteiger partial charge in [0, 0.05) is 23.2 Å². The number of anilines is 2. The van der Waals surface area contributed by atoms with Crippen LogP contribution in [0.4, 0.5) is 25.0 Å². The molecule has 1 fully saturated rings. The maximum absolute atomic E-state index is 13.7. The van der Waals surface area contributed by atoms with Crippen LogP contribution >= 0.6 is 0 Å². The lowest BCUT2D eigenvalue weighted by molar-refractivity contribution is -0.142. The number of halogens is 2. The molecule has 0 heterocycles. The number of carboxylic acid groups (broad SMARTS) is 1. The molecule has 3 N–H and O–H groups in total. The fourth-order valence-corrected chi connectivity index (χ4v) is 4.23. The molecule has 2 atom stereocenters. The number of aliphatic carboxylic acids is 1. The molecule has 0 aliphatic heterocycles. The molecular formula is C26H22F2N2O4. The zero-order chi connectivity index (χ0) is 24.2. The van der Waals surface area contributed by atoms with Crippen LogP contribution in [-0.4, -0.2) is 22.9 Å². The molecule has 0 unspecified atom stereocenters. The number of hydrogen-bond acceptors (Lipinski definition) is 3. The summed E-state index contributed by atoms with van der Waals surface area (Å²) >= 11 is 0. The van der Waals surface area contributed by atoms with Gasteiger partial charge < -0.3 is 15.7 Å². The van der Waals surface area contributed by atoms with E-state index in [1.807, 2.05) is 0 Å². The van der Waals surface area contributed by atoms with E-state index < -0.39 is 35.5 Å². The Hall–Kier alpha value is -4.07. The summed E-state index contributed by atoms with van der Waals surface area (Å²) in [5, 5.41) is 14.2. The van der Waals surface area contributed by atoms with Crippen molar-refractivity contribution in [1.29, 1.82) is 0 Å². The van der Waals surface area contributed by atoms with Crippen LogP contribution in [0.25, 0.3) is 11.1 Å². The summed E-state index contributed by atoms with van der Waals surface area (Å²) in [5.74, 6) is -3.78. The third-order valence-electron chi connectivity index (χ3n) is 5.99. The van der Waals surface area contributed by atoms with Gasteiger partial charge in [0.1, 0.15) is 11.6 Å². The number of amides is 2. The molecule has 6 nitrogen and oxygen atoms in total. The van der Waals surface area contributed by atoms with Crippen LogP contribution in [0.2, 0.25) is 0 Å². The van der Waals surface area contributed by atoms with Crippen molar-refractivity contribution in [3.8, 4) is 11.1 Å². The first kappa shape index (κ1) is 23.1. The van der Waals surface area contributed by atoms with Crippen molar-refractivity contribution >= 4 is 29.2 Å². The highest BCUT2D eigenvalue weighted by Crippen LogP contribution is 2.35. The van der Waals surface area contributed by atoms with E-state index >= 15 is 0 Å². The third kappa shape index (κ3) is 5.11. The van der Waals surface area contributed by atoms with Crippen LogP contribution in [0.5, 0.6) is 0 Å². The van der Waals surface area contributed by atoms with E-state index in [1.165, 1.54) is 0 Å². The summed E-state index contributed by atoms with van der Waals surface area (Å²) in [4.78, 5) is 36.3. The quantitative estimate of drug-likeness (QED) is 0.392. The molecule has 0 spiro atoms. The number of benzene rings is 3. The second-order valence-corrected chi connectivity index (χ2v) is 8.20. The average Bonchev–Trinajstić information content (AvgIpc) is 3.32. The lowest BCUT2D eigenvalue weighted by Crippen LogP contribution is -2.25. The minimum absolute atomic E-state index is 0.139. The molecule has 0 bridgehead atoms. The maximum atomic E-state index is 13.7. The Balaban J connectivity index is 1.39. The molecule has 0 radical (unpaired) electrons. The molecule has 1 aliphatic carbocycles. The first-order chi connectivity index (χ1) is 16.3. The van der Waals surface area contributed by atoms with Crippen LogP contribution in [0.3, 0.4) is 0 Å². The molecule has 1 saturated carbocycles.